The molecular weight excluding hydrogens is 266 g/mol. The molecule has 2 rings (SSSR count). The largest absolute Gasteiger partial charge is 0.491 e. The Morgan fingerprint density at radius 1 is 1.43 bits per heavy atom. The fourth-order valence-electron chi connectivity index (χ4n) is 2.59. The molecule has 1 heterocycles. The smallest absolute Gasteiger partial charge is 0.122 e. The molecule has 1 fully saturated rings. The van der Waals surface area contributed by atoms with Crippen molar-refractivity contribution in [3.8, 4) is 5.75 Å². The third-order valence-corrected chi connectivity index (χ3v) is 3.89. The summed E-state index contributed by atoms with van der Waals surface area (Å²) in [5, 5.41) is 13.2. The van der Waals surface area contributed by atoms with Crippen LogP contribution in [0.5, 0.6) is 5.75 Å². The van der Waals surface area contributed by atoms with Crippen molar-refractivity contribution >= 4 is 0 Å². The molecule has 1 aromatic carbocycles. The van der Waals surface area contributed by atoms with E-state index in [1.54, 1.807) is 0 Å². The summed E-state index contributed by atoms with van der Waals surface area (Å²) in [6, 6.07) is 6.07. The Labute approximate surface area is 127 Å². The molecule has 0 saturated carbocycles. The third kappa shape index (κ3) is 5.65. The summed E-state index contributed by atoms with van der Waals surface area (Å²) in [6.07, 6.45) is 1.80. The van der Waals surface area contributed by atoms with Crippen LogP contribution >= 0.6 is 0 Å². The molecule has 4 nitrogen and oxygen atoms in total. The topological polar surface area (TPSA) is 50.7 Å². The summed E-state index contributed by atoms with van der Waals surface area (Å²) in [7, 11) is 0. The fraction of sp³-hybridized carbons (Fsp3) is 0.647. The van der Waals surface area contributed by atoms with E-state index in [0.29, 0.717) is 19.1 Å². The van der Waals surface area contributed by atoms with Gasteiger partial charge in [-0.1, -0.05) is 17.7 Å². The summed E-state index contributed by atoms with van der Waals surface area (Å²) < 4.78 is 11.0. The van der Waals surface area contributed by atoms with Gasteiger partial charge in [-0.25, -0.2) is 0 Å². The summed E-state index contributed by atoms with van der Waals surface area (Å²) in [6.45, 7) is 7.69. The normalized spacial score (nSPS) is 19.7. The van der Waals surface area contributed by atoms with E-state index in [2.05, 4.69) is 18.3 Å². The van der Waals surface area contributed by atoms with Gasteiger partial charge in [0.15, 0.2) is 0 Å². The minimum Gasteiger partial charge on any atom is -0.491 e. The van der Waals surface area contributed by atoms with Gasteiger partial charge in [0.05, 0.1) is 0 Å². The molecule has 21 heavy (non-hydrogen) atoms. The summed E-state index contributed by atoms with van der Waals surface area (Å²) in [5.41, 5.74) is 2.33. The lowest BCUT2D eigenvalue weighted by atomic mass is 10.1. The molecule has 2 unspecified atom stereocenters. The minimum atomic E-state index is -0.481. The Morgan fingerprint density at radius 2 is 2.29 bits per heavy atom. The highest BCUT2D eigenvalue weighted by Crippen LogP contribution is 2.18. The lowest BCUT2D eigenvalue weighted by Crippen LogP contribution is -2.32. The van der Waals surface area contributed by atoms with Gasteiger partial charge in [-0.15, -0.1) is 0 Å². The Morgan fingerprint density at radius 3 is 3.00 bits per heavy atom. The number of hydrogen-bond acceptors (Lipinski definition) is 4. The molecule has 1 aliphatic rings. The molecule has 118 valence electrons. The second-order valence-electron chi connectivity index (χ2n) is 5.96. The standard InChI is InChI=1S/C17H27NO3/c1-13-3-4-17(14(2)9-13)21-12-16(19)10-18-7-5-15-6-8-20-11-15/h3-4,9,15-16,18-19H,5-8,10-12H2,1-2H3. The van der Waals surface area contributed by atoms with E-state index < -0.39 is 6.10 Å². The van der Waals surface area contributed by atoms with Gasteiger partial charge in [0.2, 0.25) is 0 Å². The first-order valence-electron chi connectivity index (χ1n) is 7.81. The number of aliphatic hydroxyl groups is 1. The molecule has 1 saturated heterocycles. The summed E-state index contributed by atoms with van der Waals surface area (Å²) in [5.74, 6) is 1.53. The molecule has 1 aliphatic heterocycles. The Balaban J connectivity index is 1.59. The number of aryl methyl sites for hydroxylation is 2. The zero-order chi connectivity index (χ0) is 15.1. The predicted molar refractivity (Wildman–Crippen MR) is 83.8 cm³/mol. The monoisotopic (exact) mass is 293 g/mol. The van der Waals surface area contributed by atoms with Crippen LogP contribution in [0.1, 0.15) is 24.0 Å². The van der Waals surface area contributed by atoms with E-state index in [1.165, 1.54) is 12.0 Å². The first-order chi connectivity index (χ1) is 10.1. The molecule has 0 bridgehead atoms. The van der Waals surface area contributed by atoms with Crippen LogP contribution in [0.4, 0.5) is 0 Å². The van der Waals surface area contributed by atoms with Gasteiger partial charge in [-0.05, 0) is 50.8 Å². The Hall–Kier alpha value is -1.10. The number of rotatable bonds is 8. The Bertz CT molecular complexity index is 430. The van der Waals surface area contributed by atoms with Crippen LogP contribution < -0.4 is 10.1 Å². The highest BCUT2D eigenvalue weighted by Gasteiger charge is 2.15. The molecule has 2 atom stereocenters. The van der Waals surface area contributed by atoms with Crippen LogP contribution in [0.25, 0.3) is 0 Å². The first kappa shape index (κ1) is 16.3. The predicted octanol–water partition coefficient (Wildman–Crippen LogP) is 2.06. The minimum absolute atomic E-state index is 0.323. The maximum Gasteiger partial charge on any atom is 0.122 e. The van der Waals surface area contributed by atoms with E-state index >= 15 is 0 Å². The molecule has 0 aromatic heterocycles. The molecular formula is C17H27NO3. The fourth-order valence-corrected chi connectivity index (χ4v) is 2.59. The maximum atomic E-state index is 9.94. The van der Waals surface area contributed by atoms with Crippen molar-refractivity contribution in [2.24, 2.45) is 5.92 Å². The van der Waals surface area contributed by atoms with Crippen molar-refractivity contribution in [3.05, 3.63) is 29.3 Å². The zero-order valence-corrected chi connectivity index (χ0v) is 13.1. The Kier molecular flexibility index (Phi) is 6.49. The van der Waals surface area contributed by atoms with Crippen molar-refractivity contribution in [2.75, 3.05) is 32.9 Å². The van der Waals surface area contributed by atoms with E-state index in [1.807, 2.05) is 19.1 Å². The van der Waals surface area contributed by atoms with Crippen molar-refractivity contribution in [3.63, 3.8) is 0 Å². The molecule has 0 spiro atoms. The average Bonchev–Trinajstić information content (AvgIpc) is 2.96. The lowest BCUT2D eigenvalue weighted by molar-refractivity contribution is 0.105. The lowest BCUT2D eigenvalue weighted by Gasteiger charge is -2.15. The molecule has 0 radical (unpaired) electrons. The summed E-state index contributed by atoms with van der Waals surface area (Å²) in [4.78, 5) is 0. The van der Waals surface area contributed by atoms with Crippen LogP contribution in [0.15, 0.2) is 18.2 Å². The second kappa shape index (κ2) is 8.37. The number of ether oxygens (including phenoxy) is 2. The zero-order valence-electron chi connectivity index (χ0n) is 13.1. The molecule has 0 amide bonds. The van der Waals surface area contributed by atoms with E-state index in [-0.39, 0.29) is 0 Å². The SMILES string of the molecule is Cc1ccc(OCC(O)CNCCC2CCOC2)c(C)c1. The van der Waals surface area contributed by atoms with Crippen molar-refractivity contribution < 1.29 is 14.6 Å². The second-order valence-corrected chi connectivity index (χ2v) is 5.96. The van der Waals surface area contributed by atoms with Gasteiger partial charge >= 0.3 is 0 Å². The number of benzene rings is 1. The van der Waals surface area contributed by atoms with Crippen LogP contribution in [0, 0.1) is 19.8 Å². The number of nitrogens with one attached hydrogen (secondary N) is 1. The van der Waals surface area contributed by atoms with E-state index in [4.69, 9.17) is 9.47 Å². The van der Waals surface area contributed by atoms with Gasteiger partial charge in [0, 0.05) is 19.8 Å². The van der Waals surface area contributed by atoms with Crippen LogP contribution in [-0.4, -0.2) is 44.1 Å². The highest BCUT2D eigenvalue weighted by atomic mass is 16.5. The van der Waals surface area contributed by atoms with Crippen LogP contribution in [0.2, 0.25) is 0 Å². The van der Waals surface area contributed by atoms with E-state index in [9.17, 15) is 5.11 Å². The van der Waals surface area contributed by atoms with Crippen LogP contribution in [0.3, 0.4) is 0 Å². The third-order valence-electron chi connectivity index (χ3n) is 3.89. The molecule has 1 aromatic rings. The summed E-state index contributed by atoms with van der Waals surface area (Å²) >= 11 is 0. The van der Waals surface area contributed by atoms with Crippen LogP contribution in [-0.2, 0) is 4.74 Å². The molecule has 2 N–H and O–H groups in total. The van der Waals surface area contributed by atoms with Crippen molar-refractivity contribution in [1.29, 1.82) is 0 Å². The van der Waals surface area contributed by atoms with Crippen molar-refractivity contribution in [2.45, 2.75) is 32.8 Å². The van der Waals surface area contributed by atoms with Gasteiger partial charge < -0.3 is 19.9 Å². The van der Waals surface area contributed by atoms with E-state index in [0.717, 1.165) is 37.5 Å². The van der Waals surface area contributed by atoms with Gasteiger partial charge in [-0.2, -0.15) is 0 Å². The van der Waals surface area contributed by atoms with Gasteiger partial charge in [0.25, 0.3) is 0 Å². The molecule has 0 aliphatic carbocycles. The maximum absolute atomic E-state index is 9.94. The first-order valence-corrected chi connectivity index (χ1v) is 7.81. The number of hydrogen-bond donors (Lipinski definition) is 2. The van der Waals surface area contributed by atoms with Gasteiger partial charge in [-0.3, -0.25) is 0 Å². The van der Waals surface area contributed by atoms with Gasteiger partial charge in [0.1, 0.15) is 18.5 Å². The average molecular weight is 293 g/mol. The molecule has 4 heteroatoms. The van der Waals surface area contributed by atoms with Crippen molar-refractivity contribution in [1.82, 2.24) is 5.32 Å². The highest BCUT2D eigenvalue weighted by molar-refractivity contribution is 5.35. The number of aliphatic hydroxyl groups excluding tert-OH is 1. The quantitative estimate of drug-likeness (QED) is 0.720.